The molecule has 5 heteroatoms. The van der Waals surface area contributed by atoms with Gasteiger partial charge in [-0.15, -0.1) is 0 Å². The third-order valence-corrected chi connectivity index (χ3v) is 4.02. The van der Waals surface area contributed by atoms with Crippen LogP contribution in [0.3, 0.4) is 0 Å². The fourth-order valence-electron chi connectivity index (χ4n) is 2.15. The molecule has 0 aliphatic rings. The lowest BCUT2D eigenvalue weighted by atomic mass is 10.2. The van der Waals surface area contributed by atoms with Gasteiger partial charge in [0.25, 0.3) is 0 Å². The van der Waals surface area contributed by atoms with Crippen LogP contribution >= 0.6 is 11.6 Å². The lowest BCUT2D eigenvalue weighted by Crippen LogP contribution is -2.22. The lowest BCUT2D eigenvalue weighted by Gasteiger charge is -2.11. The van der Waals surface area contributed by atoms with Crippen molar-refractivity contribution in [1.82, 2.24) is 0 Å². The van der Waals surface area contributed by atoms with Crippen molar-refractivity contribution in [3.05, 3.63) is 53.1 Å². The average Bonchev–Trinajstić information content (AvgIpc) is 2.58. The van der Waals surface area contributed by atoms with Gasteiger partial charge in [-0.1, -0.05) is 31.0 Å². The zero-order chi connectivity index (χ0) is 17.4. The van der Waals surface area contributed by atoms with Crippen molar-refractivity contribution in [3.63, 3.8) is 0 Å². The first-order valence-electron chi connectivity index (χ1n) is 8.12. The van der Waals surface area contributed by atoms with E-state index in [9.17, 15) is 4.79 Å². The summed E-state index contributed by atoms with van der Waals surface area (Å²) in [7, 11) is 0. The Kier molecular flexibility index (Phi) is 6.94. The van der Waals surface area contributed by atoms with E-state index < -0.39 is 0 Å². The number of hydrogen-bond donors (Lipinski definition) is 2. The van der Waals surface area contributed by atoms with Gasteiger partial charge in [-0.3, -0.25) is 4.79 Å². The van der Waals surface area contributed by atoms with Crippen molar-refractivity contribution in [2.45, 2.75) is 26.7 Å². The molecular weight excluding hydrogens is 324 g/mol. The molecule has 0 aliphatic carbocycles. The van der Waals surface area contributed by atoms with E-state index in [0.717, 1.165) is 35.5 Å². The van der Waals surface area contributed by atoms with Crippen LogP contribution in [-0.4, -0.2) is 19.1 Å². The van der Waals surface area contributed by atoms with Crippen LogP contribution in [0.1, 0.15) is 25.3 Å². The number of amides is 1. The second-order valence-corrected chi connectivity index (χ2v) is 5.95. The highest BCUT2D eigenvalue weighted by molar-refractivity contribution is 6.31. The maximum Gasteiger partial charge on any atom is 0.243 e. The molecule has 2 aromatic carbocycles. The Morgan fingerprint density at radius 3 is 2.62 bits per heavy atom. The average molecular weight is 347 g/mol. The van der Waals surface area contributed by atoms with E-state index in [1.807, 2.05) is 49.4 Å². The second-order valence-electron chi connectivity index (χ2n) is 5.54. The van der Waals surface area contributed by atoms with E-state index in [2.05, 4.69) is 17.6 Å². The zero-order valence-corrected chi connectivity index (χ0v) is 14.8. The molecule has 0 aliphatic heterocycles. The van der Waals surface area contributed by atoms with Crippen molar-refractivity contribution >= 4 is 28.9 Å². The highest BCUT2D eigenvalue weighted by Crippen LogP contribution is 2.22. The van der Waals surface area contributed by atoms with E-state index in [0.29, 0.717) is 11.6 Å². The number of ether oxygens (including phenoxy) is 1. The van der Waals surface area contributed by atoms with E-state index in [4.69, 9.17) is 16.3 Å². The Bertz CT molecular complexity index is 672. The molecule has 0 saturated carbocycles. The number of nitrogens with one attached hydrogen (secondary N) is 2. The number of anilines is 2. The minimum absolute atomic E-state index is 0.117. The van der Waals surface area contributed by atoms with Gasteiger partial charge in [-0.2, -0.15) is 0 Å². The largest absolute Gasteiger partial charge is 0.494 e. The number of benzene rings is 2. The lowest BCUT2D eigenvalue weighted by molar-refractivity contribution is -0.114. The Hall–Kier alpha value is -2.20. The summed E-state index contributed by atoms with van der Waals surface area (Å²) in [5.74, 6) is 0.697. The maximum absolute atomic E-state index is 12.0. The third kappa shape index (κ3) is 5.46. The minimum Gasteiger partial charge on any atom is -0.494 e. The van der Waals surface area contributed by atoms with Gasteiger partial charge < -0.3 is 15.4 Å². The summed E-state index contributed by atoms with van der Waals surface area (Å²) in [5.41, 5.74) is 2.53. The first-order chi connectivity index (χ1) is 11.6. The highest BCUT2D eigenvalue weighted by atomic mass is 35.5. The van der Waals surface area contributed by atoms with Crippen LogP contribution in [0.4, 0.5) is 11.4 Å². The standard InChI is InChI=1S/C19H23ClN2O2/c1-3-4-12-24-16-10-8-15(9-11-16)22-19(23)13-21-18-7-5-6-17(20)14(18)2/h5-11,21H,3-4,12-13H2,1-2H3,(H,22,23). The van der Waals surface area contributed by atoms with E-state index in [-0.39, 0.29) is 12.5 Å². The van der Waals surface area contributed by atoms with Gasteiger partial charge in [0.2, 0.25) is 5.91 Å². The van der Waals surface area contributed by atoms with Gasteiger partial charge in [0.05, 0.1) is 13.2 Å². The summed E-state index contributed by atoms with van der Waals surface area (Å²) in [4.78, 5) is 12.0. The van der Waals surface area contributed by atoms with Gasteiger partial charge in [0.1, 0.15) is 5.75 Å². The van der Waals surface area contributed by atoms with Crippen molar-refractivity contribution in [3.8, 4) is 5.75 Å². The molecule has 0 atom stereocenters. The van der Waals surface area contributed by atoms with Crippen LogP contribution in [0.15, 0.2) is 42.5 Å². The van der Waals surface area contributed by atoms with Gasteiger partial charge in [-0.05, 0) is 55.3 Å². The molecule has 24 heavy (non-hydrogen) atoms. The molecule has 0 radical (unpaired) electrons. The summed E-state index contributed by atoms with van der Waals surface area (Å²) in [6.45, 7) is 4.93. The Morgan fingerprint density at radius 2 is 1.92 bits per heavy atom. The summed E-state index contributed by atoms with van der Waals surface area (Å²) in [5, 5.41) is 6.63. The smallest absolute Gasteiger partial charge is 0.243 e. The molecule has 2 aromatic rings. The van der Waals surface area contributed by atoms with Crippen LogP contribution < -0.4 is 15.4 Å². The summed E-state index contributed by atoms with van der Waals surface area (Å²) in [6.07, 6.45) is 2.14. The van der Waals surface area contributed by atoms with Crippen molar-refractivity contribution < 1.29 is 9.53 Å². The predicted octanol–water partition coefficient (Wildman–Crippen LogP) is 4.88. The van der Waals surface area contributed by atoms with Crippen LogP contribution in [0.2, 0.25) is 5.02 Å². The van der Waals surface area contributed by atoms with Crippen molar-refractivity contribution in [1.29, 1.82) is 0 Å². The Labute approximate surface area is 148 Å². The summed E-state index contributed by atoms with van der Waals surface area (Å²) >= 11 is 6.07. The maximum atomic E-state index is 12.0. The number of rotatable bonds is 8. The van der Waals surface area contributed by atoms with Crippen LogP contribution in [0.25, 0.3) is 0 Å². The summed E-state index contributed by atoms with van der Waals surface area (Å²) < 4.78 is 5.60. The molecule has 0 bridgehead atoms. The van der Waals surface area contributed by atoms with E-state index in [1.165, 1.54) is 0 Å². The number of carbonyl (C=O) groups is 1. The molecule has 4 nitrogen and oxygen atoms in total. The molecule has 128 valence electrons. The molecule has 0 saturated heterocycles. The van der Waals surface area contributed by atoms with E-state index in [1.54, 1.807) is 0 Å². The fraction of sp³-hybridized carbons (Fsp3) is 0.316. The summed E-state index contributed by atoms with van der Waals surface area (Å²) in [6, 6.07) is 13.0. The van der Waals surface area contributed by atoms with Gasteiger partial charge >= 0.3 is 0 Å². The molecule has 0 heterocycles. The zero-order valence-electron chi connectivity index (χ0n) is 14.1. The molecule has 2 rings (SSSR count). The molecular formula is C19H23ClN2O2. The fourth-order valence-corrected chi connectivity index (χ4v) is 2.32. The quantitative estimate of drug-likeness (QED) is 0.670. The molecule has 0 fully saturated rings. The number of carbonyl (C=O) groups excluding carboxylic acids is 1. The van der Waals surface area contributed by atoms with Gasteiger partial charge in [0, 0.05) is 16.4 Å². The first-order valence-corrected chi connectivity index (χ1v) is 8.49. The Balaban J connectivity index is 1.82. The first kappa shape index (κ1) is 18.1. The second kappa shape index (κ2) is 9.18. The van der Waals surface area contributed by atoms with Crippen LogP contribution in [-0.2, 0) is 4.79 Å². The van der Waals surface area contributed by atoms with Crippen molar-refractivity contribution in [2.75, 3.05) is 23.8 Å². The number of unbranched alkanes of at least 4 members (excludes halogenated alkanes) is 1. The number of hydrogen-bond acceptors (Lipinski definition) is 3. The molecule has 1 amide bonds. The topological polar surface area (TPSA) is 50.4 Å². The van der Waals surface area contributed by atoms with Gasteiger partial charge in [0.15, 0.2) is 0 Å². The highest BCUT2D eigenvalue weighted by Gasteiger charge is 2.05. The molecule has 0 spiro atoms. The molecule has 0 unspecified atom stereocenters. The van der Waals surface area contributed by atoms with Crippen molar-refractivity contribution in [2.24, 2.45) is 0 Å². The minimum atomic E-state index is -0.117. The Morgan fingerprint density at radius 1 is 1.17 bits per heavy atom. The SMILES string of the molecule is CCCCOc1ccc(NC(=O)CNc2cccc(Cl)c2C)cc1. The monoisotopic (exact) mass is 346 g/mol. The predicted molar refractivity (Wildman–Crippen MR) is 100 cm³/mol. The van der Waals surface area contributed by atoms with Crippen LogP contribution in [0.5, 0.6) is 5.75 Å². The molecule has 2 N–H and O–H groups in total. The molecule has 0 aromatic heterocycles. The number of halogens is 1. The third-order valence-electron chi connectivity index (χ3n) is 3.61. The van der Waals surface area contributed by atoms with E-state index >= 15 is 0 Å². The normalized spacial score (nSPS) is 10.3. The van der Waals surface area contributed by atoms with Crippen LogP contribution in [0, 0.1) is 6.92 Å². The van der Waals surface area contributed by atoms with Gasteiger partial charge in [-0.25, -0.2) is 0 Å².